The predicted molar refractivity (Wildman–Crippen MR) is 129 cm³/mol. The van der Waals surface area contributed by atoms with Crippen molar-refractivity contribution in [1.29, 1.82) is 0 Å². The number of aromatic nitrogens is 4. The Hall–Kier alpha value is -2.84. The van der Waals surface area contributed by atoms with Crippen LogP contribution in [0.3, 0.4) is 0 Å². The number of hydrogen-bond acceptors (Lipinski definition) is 13. The molecular formula is C20H33N8O7P. The first-order valence-corrected chi connectivity index (χ1v) is 13.1. The molecule has 0 radical (unpaired) electrons. The number of carbonyl (C=O) groups excluding carboxylic acids is 2. The van der Waals surface area contributed by atoms with Crippen molar-refractivity contribution < 1.29 is 32.7 Å². The lowest BCUT2D eigenvalue weighted by atomic mass is 10.0. The Balaban J connectivity index is 1.59. The molecule has 0 unspecified atom stereocenters. The summed E-state index contributed by atoms with van der Waals surface area (Å²) >= 11 is 0. The molecule has 1 amide bonds. The van der Waals surface area contributed by atoms with Gasteiger partial charge in [0.1, 0.15) is 18.0 Å². The van der Waals surface area contributed by atoms with Crippen LogP contribution in [0.2, 0.25) is 0 Å². The lowest BCUT2D eigenvalue weighted by Crippen LogP contribution is -2.52. The average Bonchev–Trinajstić information content (AvgIpc) is 3.19. The van der Waals surface area contributed by atoms with E-state index in [0.717, 1.165) is 0 Å². The van der Waals surface area contributed by atoms with E-state index in [-0.39, 0.29) is 37.2 Å². The Morgan fingerprint density at radius 1 is 1.28 bits per heavy atom. The van der Waals surface area contributed by atoms with Crippen LogP contribution in [-0.4, -0.2) is 75.2 Å². The van der Waals surface area contributed by atoms with Crippen molar-refractivity contribution in [2.75, 3.05) is 31.0 Å². The Bertz CT molecular complexity index is 1130. The Morgan fingerprint density at radius 3 is 2.61 bits per heavy atom. The van der Waals surface area contributed by atoms with E-state index in [0.29, 0.717) is 11.2 Å². The van der Waals surface area contributed by atoms with Crippen LogP contribution in [0.4, 0.5) is 11.8 Å². The van der Waals surface area contributed by atoms with E-state index in [1.54, 1.807) is 32.3 Å². The molecule has 0 saturated carbocycles. The van der Waals surface area contributed by atoms with E-state index in [1.807, 2.05) is 0 Å². The number of carbonyl (C=O) groups is 2. The van der Waals surface area contributed by atoms with Gasteiger partial charge in [-0.2, -0.15) is 9.97 Å². The number of nitrogens with one attached hydrogen (secondary N) is 1. The number of rotatable bonds is 10. The van der Waals surface area contributed by atoms with Crippen molar-refractivity contribution in [3.63, 3.8) is 0 Å². The fourth-order valence-electron chi connectivity index (χ4n) is 3.24. The zero-order valence-electron chi connectivity index (χ0n) is 20.6. The van der Waals surface area contributed by atoms with Gasteiger partial charge in [-0.3, -0.25) is 9.36 Å². The summed E-state index contributed by atoms with van der Waals surface area (Å²) in [6.07, 6.45) is 0.209. The summed E-state index contributed by atoms with van der Waals surface area (Å²) in [4.78, 5) is 37.1. The minimum atomic E-state index is -3.72. The van der Waals surface area contributed by atoms with E-state index in [9.17, 15) is 14.2 Å². The quantitative estimate of drug-likeness (QED) is 0.236. The van der Waals surface area contributed by atoms with Gasteiger partial charge in [0.2, 0.25) is 11.9 Å². The maximum atomic E-state index is 13.0. The predicted octanol–water partition coefficient (Wildman–Crippen LogP) is -0.00700. The van der Waals surface area contributed by atoms with Gasteiger partial charge in [-0.05, 0) is 19.8 Å². The van der Waals surface area contributed by atoms with Crippen LogP contribution in [0, 0.1) is 5.92 Å². The van der Waals surface area contributed by atoms with Gasteiger partial charge in [-0.1, -0.05) is 13.8 Å². The molecule has 3 rings (SSSR count). The van der Waals surface area contributed by atoms with Crippen molar-refractivity contribution in [1.82, 2.24) is 24.8 Å². The number of amides is 1. The molecule has 200 valence electrons. The number of nitrogens with zero attached hydrogens (tertiary/aromatic N) is 4. The number of fused-ring (bicyclic) bond motifs is 1. The minimum Gasteiger partial charge on any atom is -0.461 e. The van der Waals surface area contributed by atoms with Crippen LogP contribution in [0.25, 0.3) is 11.2 Å². The van der Waals surface area contributed by atoms with Gasteiger partial charge in [0, 0.05) is 0 Å². The Kier molecular flexibility index (Phi) is 8.84. The molecule has 4 atom stereocenters. The summed E-state index contributed by atoms with van der Waals surface area (Å²) in [5, 5.41) is 2.50. The second-order valence-corrected chi connectivity index (χ2v) is 11.0. The molecule has 36 heavy (non-hydrogen) atoms. The van der Waals surface area contributed by atoms with Gasteiger partial charge in [-0.15, -0.1) is 0 Å². The number of hydrogen-bond donors (Lipinski definition) is 4. The molecule has 7 N–H and O–H groups in total. The first-order valence-electron chi connectivity index (χ1n) is 11.4. The van der Waals surface area contributed by atoms with Crippen molar-refractivity contribution in [3.05, 3.63) is 6.33 Å². The normalized spacial score (nSPS) is 22.0. The second-order valence-electron chi connectivity index (χ2n) is 8.97. The van der Waals surface area contributed by atoms with Crippen molar-refractivity contribution in [3.8, 4) is 0 Å². The minimum absolute atomic E-state index is 0.00690. The average molecular weight is 529 g/mol. The molecule has 1 saturated heterocycles. The fraction of sp³-hybridized carbons (Fsp3) is 0.650. The van der Waals surface area contributed by atoms with Crippen molar-refractivity contribution in [2.45, 2.75) is 58.5 Å². The van der Waals surface area contributed by atoms with Crippen LogP contribution >= 0.6 is 7.60 Å². The smallest absolute Gasteiger partial charge is 0.356 e. The zero-order chi connectivity index (χ0) is 26.6. The van der Waals surface area contributed by atoms with Gasteiger partial charge in [0.25, 0.3) is 0 Å². The molecule has 0 aromatic carbocycles. The van der Waals surface area contributed by atoms with Crippen LogP contribution < -0.4 is 22.5 Å². The molecular weight excluding hydrogens is 495 g/mol. The first kappa shape index (κ1) is 27.7. The molecule has 0 spiro atoms. The maximum Gasteiger partial charge on any atom is 0.356 e. The highest BCUT2D eigenvalue weighted by Crippen LogP contribution is 2.51. The largest absolute Gasteiger partial charge is 0.461 e. The Labute approximate surface area is 207 Å². The molecule has 2 aromatic rings. The molecule has 0 aliphatic carbocycles. The molecule has 1 aliphatic heterocycles. The lowest BCUT2D eigenvalue weighted by Gasteiger charge is -2.30. The van der Waals surface area contributed by atoms with E-state index in [1.165, 1.54) is 6.33 Å². The fourth-order valence-corrected chi connectivity index (χ4v) is 4.62. The summed E-state index contributed by atoms with van der Waals surface area (Å²) in [7, 11) is -3.72. The van der Waals surface area contributed by atoms with Gasteiger partial charge < -0.3 is 45.6 Å². The van der Waals surface area contributed by atoms with Crippen LogP contribution in [0.1, 0.15) is 27.7 Å². The van der Waals surface area contributed by atoms with Gasteiger partial charge in [0.05, 0.1) is 38.2 Å². The summed E-state index contributed by atoms with van der Waals surface area (Å²) in [6, 6.07) is -2.08. The topological polar surface area (TPSA) is 222 Å². The summed E-state index contributed by atoms with van der Waals surface area (Å²) < 4.78 is 36.5. The summed E-state index contributed by atoms with van der Waals surface area (Å²) in [6.45, 7) is 6.61. The number of esters is 1. The second kappa shape index (κ2) is 11.5. The van der Waals surface area contributed by atoms with E-state index in [4.69, 9.17) is 35.7 Å². The zero-order valence-corrected chi connectivity index (χ0v) is 21.5. The third kappa shape index (κ3) is 6.89. The van der Waals surface area contributed by atoms with Gasteiger partial charge in [0.15, 0.2) is 17.5 Å². The highest BCUT2D eigenvalue weighted by Gasteiger charge is 2.36. The standard InChI is InChI=1S/C20H33N8O7P/c1-10(2)14(21)18(29)25-13(19(30)35-11(3)4)7-34-36(31)9-32-12(6-33-36)5-28-8-24-15-16(22)26-20(23)27-17(15)28/h8,10-14H,5-7,9,21H2,1-4H3,(H,25,29)(H4,22,23,26,27)/t12-,13+,14-,36+/m0/s1. The molecule has 15 nitrogen and oxygen atoms in total. The third-order valence-electron chi connectivity index (χ3n) is 5.25. The van der Waals surface area contributed by atoms with E-state index < -0.39 is 50.4 Å². The summed E-state index contributed by atoms with van der Waals surface area (Å²) in [5.74, 6) is -1.31. The number of nitrogen functional groups attached to an aromatic ring is 2. The highest BCUT2D eigenvalue weighted by molar-refractivity contribution is 7.53. The van der Waals surface area contributed by atoms with E-state index >= 15 is 0 Å². The number of nitrogens with two attached hydrogens (primary N) is 3. The lowest BCUT2D eigenvalue weighted by molar-refractivity contribution is -0.152. The van der Waals surface area contributed by atoms with Crippen molar-refractivity contribution >= 4 is 42.4 Å². The Morgan fingerprint density at radius 2 is 2.00 bits per heavy atom. The maximum absolute atomic E-state index is 13.0. The van der Waals surface area contributed by atoms with Crippen LogP contribution in [0.5, 0.6) is 0 Å². The molecule has 0 bridgehead atoms. The molecule has 2 aromatic heterocycles. The SMILES string of the molecule is CC(C)OC(=O)[C@@H](CO[P@@]1(=O)CO[C@@H](Cn2cnc3c(N)nc(N)nc32)CO1)NC(=O)[C@@H](N)C(C)C. The van der Waals surface area contributed by atoms with Crippen LogP contribution in [0.15, 0.2) is 6.33 Å². The van der Waals surface area contributed by atoms with Crippen molar-refractivity contribution in [2.24, 2.45) is 11.7 Å². The molecule has 1 aliphatic rings. The van der Waals surface area contributed by atoms with Gasteiger partial charge in [-0.25, -0.2) is 9.78 Å². The third-order valence-corrected chi connectivity index (χ3v) is 6.80. The van der Waals surface area contributed by atoms with Gasteiger partial charge >= 0.3 is 13.6 Å². The van der Waals surface area contributed by atoms with E-state index in [2.05, 4.69) is 20.3 Å². The number of anilines is 2. The number of imidazole rings is 1. The van der Waals surface area contributed by atoms with Crippen LogP contribution in [-0.2, 0) is 39.2 Å². The molecule has 16 heteroatoms. The number of ether oxygens (including phenoxy) is 2. The molecule has 1 fully saturated rings. The first-order chi connectivity index (χ1) is 16.9. The summed E-state index contributed by atoms with van der Waals surface area (Å²) in [5.41, 5.74) is 18.2. The highest BCUT2D eigenvalue weighted by atomic mass is 31.2. The molecule has 3 heterocycles. The monoisotopic (exact) mass is 528 g/mol.